The van der Waals surface area contributed by atoms with Crippen molar-refractivity contribution in [3.05, 3.63) is 207 Å². The summed E-state index contributed by atoms with van der Waals surface area (Å²) in [5, 5.41) is -0.656. The number of ether oxygens (including phenoxy) is 5. The summed E-state index contributed by atoms with van der Waals surface area (Å²) in [6.45, 7) is 26.9. The van der Waals surface area contributed by atoms with Gasteiger partial charge in [0.05, 0.1) is 18.3 Å². The predicted molar refractivity (Wildman–Crippen MR) is 394 cm³/mol. The molecule has 0 atom stereocenters. The van der Waals surface area contributed by atoms with E-state index in [1.165, 1.54) is 67.6 Å². The summed E-state index contributed by atoms with van der Waals surface area (Å²) < 4.78 is 474. The smallest absolute Gasteiger partial charge is 0.406 e. The van der Waals surface area contributed by atoms with E-state index in [2.05, 4.69) is 23.7 Å². The fourth-order valence-electron chi connectivity index (χ4n) is 9.74. The van der Waals surface area contributed by atoms with Crippen LogP contribution in [-0.2, 0) is 17.8 Å². The van der Waals surface area contributed by atoms with Crippen molar-refractivity contribution in [2.24, 2.45) is 0 Å². The van der Waals surface area contributed by atoms with E-state index in [4.69, 9.17) is 0 Å². The topological polar surface area (TPSA) is 46.2 Å². The number of hydrogen-bond donors (Lipinski definition) is 0. The first-order valence-corrected chi connectivity index (χ1v) is 39.0. The largest absolute Gasteiger partial charge is 0.573 e. The zero-order chi connectivity index (χ0) is 97.6. The molecule has 0 amide bonds. The number of rotatable bonds is 15. The molecule has 0 unspecified atom stereocenters. The Morgan fingerprint density at radius 3 is 0.895 bits per heavy atom. The van der Waals surface area contributed by atoms with Crippen molar-refractivity contribution < 1.29 is 186 Å². The normalized spacial score (nSPS) is 12.9. The molecule has 0 spiro atoms. The maximum Gasteiger partial charge on any atom is 0.573 e. The van der Waals surface area contributed by atoms with Crippen LogP contribution >= 0.6 is 11.8 Å². The first kappa shape index (κ1) is 116. The van der Waals surface area contributed by atoms with Crippen LogP contribution in [0.1, 0.15) is 206 Å². The standard InChI is InChI=1S/C13H14F6.C12H12F6O2.C12H14F6Si.C11H10F6O2.C11H10F6.C10H11F3O.C10H11F3S.CH3F/c1-8(2)9-4-6-10(7-5-9)11(3,12(14,15)16)13(17,18)19;1-6(2)8-4-7(3)10(20-12(16,17)18)9(5-8)19-11(13,14)15;1-8(2)9-4-6-10(7-5-9)19(3,11(13,14)15)12(16,17)18;1-6(2)7-3-4-8(18-10(12,13)14)9(5-7)19-11(15,16)17;1-6(2)7-3-4-8(10(12,13)14)9(5-7)11(15,16)17;2*1-7(2)8-3-5-9(6-4-8)14-10(11,12)13;1-2/h4-8H,1-3H3;4-6H,1-3H3;4-8H,1-3H3;3-6H,1-2H3;3-6H,1-2H3;2*3-7H,1-2H3;1H3. The minimum Gasteiger partial charge on any atom is -0.406 e. The number of aryl methyl sites for hydroxylation is 1. The van der Waals surface area contributed by atoms with Gasteiger partial charge in [-0.05, 0) is 183 Å². The number of thioether (sulfide) groups is 1. The first-order valence-electron chi connectivity index (χ1n) is 35.7. The highest BCUT2D eigenvalue weighted by Crippen LogP contribution is 2.53. The SMILES string of the molecule is CC(C)c1ccc(C(C)(C(F)(F)F)C(F)(F)F)cc1.CC(C)c1ccc(C(F)(F)F)c(C(F)(F)F)c1.CC(C)c1ccc(OC(F)(F)F)c(OC(F)(F)F)c1.CC(C)c1ccc(OC(F)(F)F)cc1.CC(C)c1ccc(SC(F)(F)F)cc1.CC(C)c1ccc([Si](C)(C(F)(F)F)C(F)(F)F)cc1.CF.Cc1cc(C(C)C)cc(OC(F)(F)F)c1OC(F)(F)F. The van der Waals surface area contributed by atoms with Gasteiger partial charge in [-0.1, -0.05) is 188 Å². The van der Waals surface area contributed by atoms with Crippen LogP contribution in [0.4, 0.5) is 162 Å². The molecular formula is C80H85F37O5SSi. The molecule has 44 heteroatoms. The quantitative estimate of drug-likeness (QED) is 0.0579. The van der Waals surface area contributed by atoms with Gasteiger partial charge in [0.1, 0.15) is 5.75 Å². The highest BCUT2D eigenvalue weighted by molar-refractivity contribution is 8.00. The van der Waals surface area contributed by atoms with Crippen LogP contribution < -0.4 is 28.9 Å². The second-order valence-electron chi connectivity index (χ2n) is 28.7. The van der Waals surface area contributed by atoms with Crippen LogP contribution in [0, 0.1) is 6.92 Å². The third kappa shape index (κ3) is 39.2. The number of hydrogen-bond acceptors (Lipinski definition) is 6. The second kappa shape index (κ2) is 45.3. The molecule has 0 aromatic heterocycles. The van der Waals surface area contributed by atoms with Crippen LogP contribution in [0.25, 0.3) is 0 Å². The van der Waals surface area contributed by atoms with Crippen LogP contribution in [0.15, 0.2) is 150 Å². The van der Waals surface area contributed by atoms with E-state index in [0.29, 0.717) is 59.9 Å². The van der Waals surface area contributed by atoms with E-state index in [-0.39, 0.29) is 70.0 Å². The zero-order valence-corrected chi connectivity index (χ0v) is 70.1. The van der Waals surface area contributed by atoms with E-state index in [9.17, 15) is 162 Å². The van der Waals surface area contributed by atoms with E-state index in [0.717, 1.165) is 59.7 Å². The van der Waals surface area contributed by atoms with Gasteiger partial charge in [-0.25, -0.2) is 0 Å². The zero-order valence-electron chi connectivity index (χ0n) is 68.3. The third-order valence-electron chi connectivity index (χ3n) is 16.9. The number of alkyl halides is 37. The van der Waals surface area contributed by atoms with Crippen molar-refractivity contribution in [1.29, 1.82) is 0 Å². The van der Waals surface area contributed by atoms with Crippen molar-refractivity contribution in [2.75, 3.05) is 7.18 Å². The van der Waals surface area contributed by atoms with Crippen LogP contribution in [-0.4, -0.2) is 76.5 Å². The van der Waals surface area contributed by atoms with Gasteiger partial charge < -0.3 is 23.7 Å². The average molecular weight is 1890 g/mol. The van der Waals surface area contributed by atoms with Crippen molar-refractivity contribution in [3.8, 4) is 28.7 Å². The molecule has 0 heterocycles. The van der Waals surface area contributed by atoms with E-state index >= 15 is 0 Å². The maximum atomic E-state index is 12.9. The highest BCUT2D eigenvalue weighted by atomic mass is 32.2. The Morgan fingerprint density at radius 1 is 0.290 bits per heavy atom. The van der Waals surface area contributed by atoms with E-state index < -0.39 is 132 Å². The Hall–Kier alpha value is -8.48. The summed E-state index contributed by atoms with van der Waals surface area (Å²) in [7, 11) is -5.09. The summed E-state index contributed by atoms with van der Waals surface area (Å²) in [5.41, 5.74) is -7.73. The Balaban J connectivity index is 0.00000142. The van der Waals surface area contributed by atoms with Gasteiger partial charge in [-0.2, -0.15) is 92.2 Å². The Kier molecular flexibility index (Phi) is 42.2. The van der Waals surface area contributed by atoms with Gasteiger partial charge in [0.2, 0.25) is 0 Å². The van der Waals surface area contributed by atoms with Crippen LogP contribution in [0.2, 0.25) is 6.55 Å². The van der Waals surface area contributed by atoms with Crippen molar-refractivity contribution >= 4 is 25.0 Å². The second-order valence-corrected chi connectivity index (χ2v) is 33.8. The lowest BCUT2D eigenvalue weighted by Crippen LogP contribution is -2.68. The molecule has 0 aliphatic heterocycles. The fraction of sp³-hybridized carbons (Fsp3) is 0.475. The van der Waals surface area contributed by atoms with Gasteiger partial charge in [-0.15, -0.1) is 65.9 Å². The van der Waals surface area contributed by atoms with Crippen molar-refractivity contribution in [1.82, 2.24) is 0 Å². The monoisotopic (exact) mass is 1890 g/mol. The number of benzene rings is 7. The van der Waals surface area contributed by atoms with Crippen LogP contribution in [0.5, 0.6) is 28.7 Å². The van der Waals surface area contributed by atoms with Crippen LogP contribution in [0.3, 0.4) is 0 Å². The molecule has 0 radical (unpaired) electrons. The van der Waals surface area contributed by atoms with Crippen molar-refractivity contribution in [2.45, 2.75) is 243 Å². The van der Waals surface area contributed by atoms with Gasteiger partial charge >= 0.3 is 81.7 Å². The molecule has 0 aliphatic carbocycles. The molecule has 7 rings (SSSR count). The molecule has 0 N–H and O–H groups in total. The van der Waals surface area contributed by atoms with Gasteiger partial charge in [0, 0.05) is 4.90 Å². The molecule has 0 saturated carbocycles. The van der Waals surface area contributed by atoms with Crippen molar-refractivity contribution in [3.63, 3.8) is 0 Å². The lowest BCUT2D eigenvalue weighted by atomic mass is 9.80. The van der Waals surface area contributed by atoms with Gasteiger partial charge in [0.15, 0.2) is 28.4 Å². The molecule has 7 aromatic rings. The average Bonchev–Trinajstić information content (AvgIpc) is 0.749. The molecule has 0 bridgehead atoms. The Morgan fingerprint density at radius 2 is 0.581 bits per heavy atom. The molecule has 124 heavy (non-hydrogen) atoms. The lowest BCUT2D eigenvalue weighted by Gasteiger charge is -2.34. The molecule has 5 nitrogen and oxygen atoms in total. The molecule has 0 saturated heterocycles. The molecule has 7 aromatic carbocycles. The fourth-order valence-corrected chi connectivity index (χ4v) is 12.1. The summed E-state index contributed by atoms with van der Waals surface area (Å²) in [5.74, 6) is -14.6. The first-order chi connectivity index (χ1) is 55.5. The van der Waals surface area contributed by atoms with E-state index in [1.807, 2.05) is 55.4 Å². The number of halogens is 37. The van der Waals surface area contributed by atoms with E-state index in [1.54, 1.807) is 65.8 Å². The highest BCUT2D eigenvalue weighted by Gasteiger charge is 2.72. The maximum absolute atomic E-state index is 12.9. The van der Waals surface area contributed by atoms with Gasteiger partial charge in [0.25, 0.3) is 0 Å². The lowest BCUT2D eigenvalue weighted by molar-refractivity contribution is -0.297. The molecule has 0 aliphatic rings. The molecule has 704 valence electrons. The third-order valence-corrected chi connectivity index (χ3v) is 21.4. The molecule has 0 fully saturated rings. The summed E-state index contributed by atoms with van der Waals surface area (Å²) >= 11 is -0.0788. The Bertz CT molecular complexity index is 4120. The molecular weight excluding hydrogens is 1800 g/mol. The van der Waals surface area contributed by atoms with Gasteiger partial charge in [-0.3, -0.25) is 4.39 Å². The minimum absolute atomic E-state index is 0.0390. The predicted octanol–water partition coefficient (Wildman–Crippen LogP) is 32.6. The summed E-state index contributed by atoms with van der Waals surface area (Å²) in [6.07, 6.45) is -45.8. The minimum atomic E-state index is -5.59. The summed E-state index contributed by atoms with van der Waals surface area (Å²) in [6, 6.07) is 28.6. The Labute approximate surface area is 694 Å². The summed E-state index contributed by atoms with van der Waals surface area (Å²) in [4.78, 5) is 0.238.